The molecule has 0 aliphatic heterocycles. The highest BCUT2D eigenvalue weighted by molar-refractivity contribution is 6.03. The Hall–Kier alpha value is -2.85. The number of nitriles is 1. The molecule has 0 aliphatic rings. The molecule has 114 valence electrons. The first-order chi connectivity index (χ1) is 10.5. The number of hydrogen-bond donors (Lipinski definition) is 1. The zero-order valence-electron chi connectivity index (χ0n) is 12.4. The Labute approximate surface area is 127 Å². The summed E-state index contributed by atoms with van der Waals surface area (Å²) in [6.45, 7) is 0.808. The molecular weight excluding hydrogens is 284 g/mol. The van der Waals surface area contributed by atoms with Crippen LogP contribution in [0.1, 0.15) is 16.1 Å². The molecule has 0 atom stereocenters. The number of amides is 1. The number of ether oxygens (including phenoxy) is 1. The van der Waals surface area contributed by atoms with Crippen LogP contribution in [0.5, 0.6) is 0 Å². The zero-order valence-corrected chi connectivity index (χ0v) is 12.4. The van der Waals surface area contributed by atoms with E-state index < -0.39 is 0 Å². The maximum absolute atomic E-state index is 12.2. The van der Waals surface area contributed by atoms with Crippen LogP contribution in [-0.4, -0.2) is 28.8 Å². The summed E-state index contributed by atoms with van der Waals surface area (Å²) in [5.74, 6) is -0.346. The van der Waals surface area contributed by atoms with Gasteiger partial charge in [-0.05, 0) is 12.1 Å². The van der Waals surface area contributed by atoms with Crippen LogP contribution < -0.4 is 10.9 Å². The number of pyridine rings is 1. The number of hydrogen-bond acceptors (Lipinski definition) is 4. The molecule has 2 heterocycles. The molecule has 0 aromatic carbocycles. The van der Waals surface area contributed by atoms with Gasteiger partial charge in [-0.2, -0.15) is 5.26 Å². The van der Waals surface area contributed by atoms with Crippen LogP contribution in [0.25, 0.3) is 0 Å². The summed E-state index contributed by atoms with van der Waals surface area (Å²) in [6.07, 6.45) is 3.14. The van der Waals surface area contributed by atoms with Crippen molar-refractivity contribution in [2.24, 2.45) is 7.05 Å². The molecule has 0 radical (unpaired) electrons. The summed E-state index contributed by atoms with van der Waals surface area (Å²) in [5, 5.41) is 11.6. The van der Waals surface area contributed by atoms with Gasteiger partial charge in [0.05, 0.1) is 17.9 Å². The van der Waals surface area contributed by atoms with E-state index >= 15 is 0 Å². The van der Waals surface area contributed by atoms with Gasteiger partial charge in [-0.3, -0.25) is 9.59 Å². The van der Waals surface area contributed by atoms with Crippen molar-refractivity contribution in [3.8, 4) is 6.07 Å². The lowest BCUT2D eigenvalue weighted by Gasteiger charge is -2.09. The smallest absolute Gasteiger partial charge is 0.272 e. The molecule has 22 heavy (non-hydrogen) atoms. The summed E-state index contributed by atoms with van der Waals surface area (Å²) >= 11 is 0. The van der Waals surface area contributed by atoms with Crippen LogP contribution >= 0.6 is 0 Å². The van der Waals surface area contributed by atoms with Gasteiger partial charge >= 0.3 is 0 Å². The number of rotatable bonds is 5. The molecule has 0 fully saturated rings. The van der Waals surface area contributed by atoms with Crippen LogP contribution in [0.15, 0.2) is 35.4 Å². The van der Waals surface area contributed by atoms with E-state index in [0.29, 0.717) is 30.1 Å². The predicted octanol–water partition coefficient (Wildman–Crippen LogP) is 0.957. The standard InChI is InChI=1S/C15H16N4O3/c1-18-9-11(8-16)7-13(18)15(21)17-12-3-4-14(20)19(10-12)5-6-22-2/h3-4,7,9-10H,5-6H2,1-2H3,(H,17,21). The van der Waals surface area contributed by atoms with Crippen molar-refractivity contribution < 1.29 is 9.53 Å². The van der Waals surface area contributed by atoms with E-state index in [1.165, 1.54) is 22.8 Å². The van der Waals surface area contributed by atoms with Crippen molar-refractivity contribution in [1.82, 2.24) is 9.13 Å². The average molecular weight is 300 g/mol. The molecular formula is C15H16N4O3. The molecule has 0 bridgehead atoms. The van der Waals surface area contributed by atoms with E-state index in [4.69, 9.17) is 10.00 Å². The number of methoxy groups -OCH3 is 1. The number of carbonyl (C=O) groups excluding carboxylic acids is 1. The third-order valence-corrected chi connectivity index (χ3v) is 3.14. The minimum Gasteiger partial charge on any atom is -0.383 e. The molecule has 1 amide bonds. The molecule has 2 aromatic heterocycles. The molecule has 2 aromatic rings. The number of carbonyl (C=O) groups is 1. The molecule has 0 unspecified atom stereocenters. The summed E-state index contributed by atoms with van der Waals surface area (Å²) < 4.78 is 7.98. The molecule has 7 nitrogen and oxygen atoms in total. The molecule has 0 aliphatic carbocycles. The lowest BCUT2D eigenvalue weighted by Crippen LogP contribution is -2.22. The topological polar surface area (TPSA) is 89.0 Å². The van der Waals surface area contributed by atoms with Crippen LogP contribution in [0, 0.1) is 11.3 Å². The highest BCUT2D eigenvalue weighted by Gasteiger charge is 2.12. The monoisotopic (exact) mass is 300 g/mol. The van der Waals surface area contributed by atoms with Gasteiger partial charge in [-0.1, -0.05) is 0 Å². The van der Waals surface area contributed by atoms with Crippen molar-refractivity contribution in [2.45, 2.75) is 6.54 Å². The SMILES string of the molecule is COCCn1cc(NC(=O)c2cc(C#N)cn2C)ccc1=O. The van der Waals surface area contributed by atoms with E-state index in [0.717, 1.165) is 0 Å². The minimum atomic E-state index is -0.346. The lowest BCUT2D eigenvalue weighted by atomic mass is 10.3. The van der Waals surface area contributed by atoms with Crippen molar-refractivity contribution in [2.75, 3.05) is 19.0 Å². The number of aryl methyl sites for hydroxylation is 1. The van der Waals surface area contributed by atoms with Gasteiger partial charge in [0.25, 0.3) is 11.5 Å². The maximum atomic E-state index is 12.2. The fourth-order valence-electron chi connectivity index (χ4n) is 2.02. The van der Waals surface area contributed by atoms with E-state index in [-0.39, 0.29) is 11.5 Å². The third-order valence-electron chi connectivity index (χ3n) is 3.14. The maximum Gasteiger partial charge on any atom is 0.272 e. The number of nitrogens with one attached hydrogen (secondary N) is 1. The largest absolute Gasteiger partial charge is 0.383 e. The first kappa shape index (κ1) is 15.5. The Morgan fingerprint density at radius 2 is 2.18 bits per heavy atom. The summed E-state index contributed by atoms with van der Waals surface area (Å²) in [6, 6.07) is 6.42. The van der Waals surface area contributed by atoms with E-state index in [9.17, 15) is 9.59 Å². The highest BCUT2D eigenvalue weighted by atomic mass is 16.5. The third kappa shape index (κ3) is 3.42. The van der Waals surface area contributed by atoms with Gasteiger partial charge in [0, 0.05) is 39.2 Å². The fraction of sp³-hybridized carbons (Fsp3) is 0.267. The van der Waals surface area contributed by atoms with Crippen LogP contribution in [0.3, 0.4) is 0 Å². The lowest BCUT2D eigenvalue weighted by molar-refractivity contribution is 0.101. The first-order valence-corrected chi connectivity index (χ1v) is 6.62. The van der Waals surface area contributed by atoms with Crippen LogP contribution in [0.4, 0.5) is 5.69 Å². The summed E-state index contributed by atoms with van der Waals surface area (Å²) in [5.41, 5.74) is 1.12. The Morgan fingerprint density at radius 1 is 1.41 bits per heavy atom. The van der Waals surface area contributed by atoms with Crippen LogP contribution in [-0.2, 0) is 18.3 Å². The number of anilines is 1. The molecule has 1 N–H and O–H groups in total. The predicted molar refractivity (Wildman–Crippen MR) is 80.7 cm³/mol. The van der Waals surface area contributed by atoms with Crippen molar-refractivity contribution in [3.05, 3.63) is 52.2 Å². The molecule has 2 rings (SSSR count). The Balaban J connectivity index is 2.19. The van der Waals surface area contributed by atoms with Gasteiger partial charge < -0.3 is 19.2 Å². The highest BCUT2D eigenvalue weighted by Crippen LogP contribution is 2.10. The quantitative estimate of drug-likeness (QED) is 0.890. The van der Waals surface area contributed by atoms with Crippen LogP contribution in [0.2, 0.25) is 0 Å². The second-order valence-corrected chi connectivity index (χ2v) is 4.73. The number of aromatic nitrogens is 2. The second-order valence-electron chi connectivity index (χ2n) is 4.73. The second kappa shape index (κ2) is 6.74. The summed E-state index contributed by atoms with van der Waals surface area (Å²) in [4.78, 5) is 23.9. The Kier molecular flexibility index (Phi) is 4.76. The minimum absolute atomic E-state index is 0.166. The first-order valence-electron chi connectivity index (χ1n) is 6.62. The van der Waals surface area contributed by atoms with Gasteiger partial charge in [0.1, 0.15) is 11.8 Å². The van der Waals surface area contributed by atoms with Gasteiger partial charge in [0.15, 0.2) is 0 Å². The van der Waals surface area contributed by atoms with Gasteiger partial charge in [0.2, 0.25) is 0 Å². The molecule has 0 saturated carbocycles. The van der Waals surface area contributed by atoms with E-state index in [2.05, 4.69) is 5.32 Å². The van der Waals surface area contributed by atoms with E-state index in [1.54, 1.807) is 31.1 Å². The van der Waals surface area contributed by atoms with E-state index in [1.807, 2.05) is 6.07 Å². The van der Waals surface area contributed by atoms with Crippen molar-refractivity contribution >= 4 is 11.6 Å². The zero-order chi connectivity index (χ0) is 16.1. The normalized spacial score (nSPS) is 10.2. The van der Waals surface area contributed by atoms with Crippen molar-refractivity contribution in [3.63, 3.8) is 0 Å². The molecule has 0 spiro atoms. The van der Waals surface area contributed by atoms with Gasteiger partial charge in [-0.15, -0.1) is 0 Å². The molecule has 7 heteroatoms. The van der Waals surface area contributed by atoms with Gasteiger partial charge in [-0.25, -0.2) is 0 Å². The van der Waals surface area contributed by atoms with Crippen molar-refractivity contribution in [1.29, 1.82) is 5.26 Å². The average Bonchev–Trinajstić information content (AvgIpc) is 2.89. The summed E-state index contributed by atoms with van der Waals surface area (Å²) in [7, 11) is 3.24. The Bertz CT molecular complexity index is 783. The molecule has 0 saturated heterocycles. The fourth-order valence-corrected chi connectivity index (χ4v) is 2.02. The Morgan fingerprint density at radius 3 is 2.82 bits per heavy atom. The number of nitrogens with zero attached hydrogens (tertiary/aromatic N) is 3.